The van der Waals surface area contributed by atoms with Gasteiger partial charge < -0.3 is 9.32 Å². The first-order valence-electron chi connectivity index (χ1n) is 17.8. The van der Waals surface area contributed by atoms with Gasteiger partial charge in [-0.3, -0.25) is 0 Å². The third-order valence-corrected chi connectivity index (χ3v) is 10.8. The molecule has 0 atom stereocenters. The maximum atomic E-state index is 6.91. The molecule has 52 heavy (non-hydrogen) atoms. The summed E-state index contributed by atoms with van der Waals surface area (Å²) in [7, 11) is 0. The van der Waals surface area contributed by atoms with Gasteiger partial charge in [0.15, 0.2) is 0 Å². The summed E-state index contributed by atoms with van der Waals surface area (Å²) >= 11 is 0. The summed E-state index contributed by atoms with van der Waals surface area (Å²) in [5, 5.41) is 14.4. The summed E-state index contributed by atoms with van der Waals surface area (Å²) < 4.78 is 6.91. The van der Waals surface area contributed by atoms with Crippen molar-refractivity contribution in [2.45, 2.75) is 0 Å². The normalized spacial score (nSPS) is 11.8. The summed E-state index contributed by atoms with van der Waals surface area (Å²) in [6, 6.07) is 68.1. The first-order chi connectivity index (χ1) is 25.8. The quantitative estimate of drug-likeness (QED) is 0.175. The van der Waals surface area contributed by atoms with Gasteiger partial charge in [-0.25, -0.2) is 0 Å². The van der Waals surface area contributed by atoms with Gasteiger partial charge in [0.2, 0.25) is 0 Å². The van der Waals surface area contributed by atoms with Crippen LogP contribution in [0.5, 0.6) is 0 Å². The van der Waals surface area contributed by atoms with Crippen molar-refractivity contribution in [2.24, 2.45) is 0 Å². The molecule has 1 aromatic heterocycles. The van der Waals surface area contributed by atoms with Crippen LogP contribution in [0.3, 0.4) is 0 Å². The topological polar surface area (TPSA) is 16.4 Å². The Morgan fingerprint density at radius 1 is 0.346 bits per heavy atom. The van der Waals surface area contributed by atoms with E-state index >= 15 is 0 Å². The molecule has 2 heteroatoms. The molecule has 0 bridgehead atoms. The lowest BCUT2D eigenvalue weighted by molar-refractivity contribution is 0.673. The second-order valence-electron chi connectivity index (χ2n) is 13.7. The minimum Gasteiger partial charge on any atom is -0.455 e. The fourth-order valence-corrected chi connectivity index (χ4v) is 8.37. The van der Waals surface area contributed by atoms with Crippen LogP contribution in [0.2, 0.25) is 0 Å². The Bertz CT molecular complexity index is 3190. The summed E-state index contributed by atoms with van der Waals surface area (Å²) in [5.74, 6) is 0. The van der Waals surface area contributed by atoms with Crippen molar-refractivity contribution >= 4 is 92.9 Å². The Morgan fingerprint density at radius 2 is 0.923 bits per heavy atom. The highest BCUT2D eigenvalue weighted by Gasteiger charge is 2.22. The lowest BCUT2D eigenvalue weighted by atomic mass is 9.97. The number of fused-ring (bicyclic) bond motifs is 11. The average molecular weight is 662 g/mol. The molecule has 0 N–H and O–H groups in total. The maximum Gasteiger partial charge on any atom is 0.145 e. The van der Waals surface area contributed by atoms with Crippen molar-refractivity contribution in [3.63, 3.8) is 0 Å². The summed E-state index contributed by atoms with van der Waals surface area (Å²) in [6.07, 6.45) is 0. The van der Waals surface area contributed by atoms with E-state index < -0.39 is 0 Å². The lowest BCUT2D eigenvalue weighted by Gasteiger charge is -2.28. The molecule has 10 aromatic carbocycles. The number of benzene rings is 10. The van der Waals surface area contributed by atoms with Crippen LogP contribution in [0.4, 0.5) is 17.1 Å². The average Bonchev–Trinajstić information content (AvgIpc) is 3.60. The van der Waals surface area contributed by atoms with E-state index in [0.29, 0.717) is 0 Å². The molecule has 0 saturated heterocycles. The van der Waals surface area contributed by atoms with Crippen LogP contribution >= 0.6 is 0 Å². The molecule has 0 aliphatic carbocycles. The highest BCUT2D eigenvalue weighted by atomic mass is 16.3. The lowest BCUT2D eigenvalue weighted by Crippen LogP contribution is -2.10. The number of furan rings is 1. The highest BCUT2D eigenvalue weighted by molar-refractivity contribution is 6.22. The van der Waals surface area contributed by atoms with E-state index in [4.69, 9.17) is 4.42 Å². The van der Waals surface area contributed by atoms with E-state index in [1.807, 2.05) is 0 Å². The van der Waals surface area contributed by atoms with Crippen molar-refractivity contribution in [3.05, 3.63) is 188 Å². The molecule has 11 rings (SSSR count). The van der Waals surface area contributed by atoms with Gasteiger partial charge in [0.25, 0.3) is 0 Å². The molecule has 0 radical (unpaired) electrons. The van der Waals surface area contributed by atoms with Gasteiger partial charge in [0.1, 0.15) is 11.2 Å². The molecule has 0 aliphatic heterocycles. The number of anilines is 3. The van der Waals surface area contributed by atoms with Gasteiger partial charge in [-0.2, -0.15) is 0 Å². The van der Waals surface area contributed by atoms with Crippen molar-refractivity contribution in [2.75, 3.05) is 4.90 Å². The van der Waals surface area contributed by atoms with E-state index in [-0.39, 0.29) is 0 Å². The van der Waals surface area contributed by atoms with Crippen molar-refractivity contribution < 1.29 is 4.42 Å². The zero-order valence-electron chi connectivity index (χ0n) is 28.3. The van der Waals surface area contributed by atoms with Gasteiger partial charge in [0, 0.05) is 27.5 Å². The Balaban J connectivity index is 1.22. The van der Waals surface area contributed by atoms with E-state index in [9.17, 15) is 0 Å². The molecular formula is C50H31NO. The molecule has 0 aliphatic rings. The van der Waals surface area contributed by atoms with Crippen molar-refractivity contribution in [3.8, 4) is 11.1 Å². The molecule has 2 nitrogen and oxygen atoms in total. The van der Waals surface area contributed by atoms with E-state index in [2.05, 4.69) is 193 Å². The standard InChI is InChI=1S/C50H31NO/c1-2-10-32(11-3-1)43-17-9-19-47-49(43)44-28-25-36-14-8-18-46(48(36)50(44)52-47)51(38-27-29-42-37(30-38)23-22-33-12-4-6-15-40(33)42)39-26-24-35-21-20-34-13-5-7-16-41(34)45(35)31-39/h1-31H. The third kappa shape index (κ3) is 4.38. The minimum absolute atomic E-state index is 0.889. The van der Waals surface area contributed by atoms with Crippen LogP contribution in [0.1, 0.15) is 0 Å². The van der Waals surface area contributed by atoms with Gasteiger partial charge in [-0.1, -0.05) is 146 Å². The van der Waals surface area contributed by atoms with Gasteiger partial charge in [-0.15, -0.1) is 0 Å². The molecule has 0 spiro atoms. The Labute approximate surface area is 300 Å². The molecule has 11 aromatic rings. The van der Waals surface area contributed by atoms with Crippen molar-refractivity contribution in [1.29, 1.82) is 0 Å². The third-order valence-electron chi connectivity index (χ3n) is 10.8. The highest BCUT2D eigenvalue weighted by Crippen LogP contribution is 2.46. The molecule has 0 fully saturated rings. The monoisotopic (exact) mass is 661 g/mol. The first-order valence-corrected chi connectivity index (χ1v) is 17.8. The minimum atomic E-state index is 0.889. The Kier molecular flexibility index (Phi) is 6.28. The number of nitrogens with zero attached hydrogens (tertiary/aromatic N) is 1. The van der Waals surface area contributed by atoms with E-state index in [0.717, 1.165) is 49.8 Å². The summed E-state index contributed by atoms with van der Waals surface area (Å²) in [4.78, 5) is 2.42. The fourth-order valence-electron chi connectivity index (χ4n) is 8.37. The number of hydrogen-bond donors (Lipinski definition) is 0. The van der Waals surface area contributed by atoms with Crippen LogP contribution in [-0.2, 0) is 0 Å². The van der Waals surface area contributed by atoms with Crippen LogP contribution in [0.25, 0.3) is 86.9 Å². The van der Waals surface area contributed by atoms with E-state index in [1.54, 1.807) is 0 Å². The predicted molar refractivity (Wildman–Crippen MR) is 221 cm³/mol. The largest absolute Gasteiger partial charge is 0.455 e. The summed E-state index contributed by atoms with van der Waals surface area (Å²) in [5.41, 5.74) is 7.40. The zero-order chi connectivity index (χ0) is 34.2. The van der Waals surface area contributed by atoms with Crippen LogP contribution in [-0.4, -0.2) is 0 Å². The second-order valence-corrected chi connectivity index (χ2v) is 13.7. The number of rotatable bonds is 4. The predicted octanol–water partition coefficient (Wildman–Crippen LogP) is 14.5. The zero-order valence-corrected chi connectivity index (χ0v) is 28.3. The number of hydrogen-bond acceptors (Lipinski definition) is 2. The Morgan fingerprint density at radius 3 is 1.75 bits per heavy atom. The van der Waals surface area contributed by atoms with Gasteiger partial charge in [-0.05, 0) is 102 Å². The van der Waals surface area contributed by atoms with Crippen LogP contribution < -0.4 is 4.90 Å². The van der Waals surface area contributed by atoms with Crippen LogP contribution in [0.15, 0.2) is 192 Å². The Hall–Kier alpha value is -6.90. The van der Waals surface area contributed by atoms with Gasteiger partial charge in [0.05, 0.1) is 5.69 Å². The van der Waals surface area contributed by atoms with Gasteiger partial charge >= 0.3 is 0 Å². The molecule has 0 saturated carbocycles. The fraction of sp³-hybridized carbons (Fsp3) is 0. The molecule has 1 heterocycles. The second kappa shape index (κ2) is 11.3. The SMILES string of the molecule is c1ccc(-c2cccc3oc4c(ccc5cccc(N(c6ccc7c(ccc8ccccc87)c6)c6ccc7ccc8ccccc8c7c6)c54)c23)cc1. The summed E-state index contributed by atoms with van der Waals surface area (Å²) in [6.45, 7) is 0. The smallest absolute Gasteiger partial charge is 0.145 e. The molecular weight excluding hydrogens is 631 g/mol. The van der Waals surface area contributed by atoms with E-state index in [1.165, 1.54) is 54.2 Å². The molecule has 0 unspecified atom stereocenters. The molecule has 0 amide bonds. The maximum absolute atomic E-state index is 6.91. The molecule has 242 valence electrons. The van der Waals surface area contributed by atoms with Crippen molar-refractivity contribution in [1.82, 2.24) is 0 Å². The van der Waals surface area contributed by atoms with Crippen LogP contribution in [0, 0.1) is 0 Å². The first kappa shape index (κ1) is 28.9.